The summed E-state index contributed by atoms with van der Waals surface area (Å²) in [5.74, 6) is 0.593. The SMILES string of the molecule is CC(Nc1nnc(CCl)o1)c1ccccc1Cl. The normalized spacial score (nSPS) is 12.4. The van der Waals surface area contributed by atoms with Gasteiger partial charge in [0, 0.05) is 5.02 Å². The molecule has 2 aromatic rings. The van der Waals surface area contributed by atoms with Crippen LogP contribution in [-0.2, 0) is 5.88 Å². The van der Waals surface area contributed by atoms with Crippen LogP contribution in [0.1, 0.15) is 24.4 Å². The topological polar surface area (TPSA) is 51.0 Å². The van der Waals surface area contributed by atoms with Gasteiger partial charge in [0.2, 0.25) is 5.89 Å². The molecule has 0 bridgehead atoms. The number of nitrogens with one attached hydrogen (secondary N) is 1. The Morgan fingerprint density at radius 2 is 2.12 bits per heavy atom. The average molecular weight is 272 g/mol. The maximum atomic E-state index is 6.09. The molecule has 0 fully saturated rings. The monoisotopic (exact) mass is 271 g/mol. The maximum absolute atomic E-state index is 6.09. The standard InChI is InChI=1S/C11H11Cl2N3O/c1-7(8-4-2-3-5-9(8)13)14-11-16-15-10(6-12)17-11/h2-5,7H,6H2,1H3,(H,14,16). The van der Waals surface area contributed by atoms with Crippen molar-refractivity contribution in [1.82, 2.24) is 10.2 Å². The Hall–Kier alpha value is -1.26. The number of alkyl halides is 1. The highest BCUT2D eigenvalue weighted by atomic mass is 35.5. The van der Waals surface area contributed by atoms with Crippen molar-refractivity contribution in [3.63, 3.8) is 0 Å². The van der Waals surface area contributed by atoms with Crippen LogP contribution in [0.5, 0.6) is 0 Å². The van der Waals surface area contributed by atoms with Crippen LogP contribution < -0.4 is 5.32 Å². The summed E-state index contributed by atoms with van der Waals surface area (Å²) >= 11 is 11.7. The molecule has 1 heterocycles. The fraction of sp³-hybridized carbons (Fsp3) is 0.273. The van der Waals surface area contributed by atoms with Gasteiger partial charge in [-0.1, -0.05) is 34.9 Å². The minimum absolute atomic E-state index is 0.0210. The molecule has 0 saturated heterocycles. The number of hydrogen-bond acceptors (Lipinski definition) is 4. The molecule has 6 heteroatoms. The van der Waals surface area contributed by atoms with Crippen LogP contribution in [0.2, 0.25) is 5.02 Å². The molecule has 0 spiro atoms. The van der Waals surface area contributed by atoms with E-state index >= 15 is 0 Å². The molecule has 1 aromatic carbocycles. The minimum atomic E-state index is -0.0210. The summed E-state index contributed by atoms with van der Waals surface area (Å²) in [7, 11) is 0. The van der Waals surface area contributed by atoms with Gasteiger partial charge in [0.1, 0.15) is 5.88 Å². The number of halogens is 2. The van der Waals surface area contributed by atoms with Gasteiger partial charge in [0.05, 0.1) is 6.04 Å². The molecule has 90 valence electrons. The third-order valence-electron chi connectivity index (χ3n) is 2.29. The van der Waals surface area contributed by atoms with Crippen molar-refractivity contribution >= 4 is 29.2 Å². The molecule has 17 heavy (non-hydrogen) atoms. The lowest BCUT2D eigenvalue weighted by molar-refractivity contribution is 0.520. The molecule has 1 unspecified atom stereocenters. The molecule has 0 aliphatic carbocycles. The molecule has 2 rings (SSSR count). The Morgan fingerprint density at radius 3 is 2.76 bits per heavy atom. The fourth-order valence-electron chi connectivity index (χ4n) is 1.46. The van der Waals surface area contributed by atoms with Gasteiger partial charge in [0.25, 0.3) is 0 Å². The lowest BCUT2D eigenvalue weighted by Crippen LogP contribution is -2.07. The smallest absolute Gasteiger partial charge is 0.315 e. The van der Waals surface area contributed by atoms with Gasteiger partial charge in [0.15, 0.2) is 0 Å². The van der Waals surface area contributed by atoms with Crippen LogP contribution in [0.4, 0.5) is 6.01 Å². The number of nitrogens with zero attached hydrogens (tertiary/aromatic N) is 2. The summed E-state index contributed by atoms with van der Waals surface area (Å²) in [6, 6.07) is 7.92. The summed E-state index contributed by atoms with van der Waals surface area (Å²) in [5.41, 5.74) is 0.972. The van der Waals surface area contributed by atoms with E-state index in [1.165, 1.54) is 0 Å². The van der Waals surface area contributed by atoms with Crippen LogP contribution in [0.15, 0.2) is 28.7 Å². The first-order valence-electron chi connectivity index (χ1n) is 5.10. The molecule has 4 nitrogen and oxygen atoms in total. The lowest BCUT2D eigenvalue weighted by atomic mass is 10.1. The lowest BCUT2D eigenvalue weighted by Gasteiger charge is -2.13. The minimum Gasteiger partial charge on any atom is -0.407 e. The van der Waals surface area contributed by atoms with Gasteiger partial charge in [-0.25, -0.2) is 0 Å². The Kier molecular flexibility index (Phi) is 3.86. The second-order valence-corrected chi connectivity index (χ2v) is 4.20. The Balaban J connectivity index is 2.11. The van der Waals surface area contributed by atoms with Gasteiger partial charge >= 0.3 is 6.01 Å². The predicted molar refractivity (Wildman–Crippen MR) is 67.3 cm³/mol. The van der Waals surface area contributed by atoms with Crippen LogP contribution in [0.25, 0.3) is 0 Å². The van der Waals surface area contributed by atoms with E-state index in [9.17, 15) is 0 Å². The van der Waals surface area contributed by atoms with Gasteiger partial charge in [-0.3, -0.25) is 0 Å². The number of benzene rings is 1. The van der Waals surface area contributed by atoms with Crippen molar-refractivity contribution in [2.45, 2.75) is 18.8 Å². The Morgan fingerprint density at radius 1 is 1.35 bits per heavy atom. The van der Waals surface area contributed by atoms with Gasteiger partial charge in [-0.2, -0.15) is 0 Å². The zero-order chi connectivity index (χ0) is 12.3. The second-order valence-electron chi connectivity index (χ2n) is 3.52. The van der Waals surface area contributed by atoms with Gasteiger partial charge in [-0.05, 0) is 18.6 Å². The summed E-state index contributed by atoms with van der Waals surface area (Å²) in [5, 5.41) is 11.4. The highest BCUT2D eigenvalue weighted by Crippen LogP contribution is 2.25. The van der Waals surface area contributed by atoms with Crippen molar-refractivity contribution in [1.29, 1.82) is 0 Å². The molecule has 1 atom stereocenters. The summed E-state index contributed by atoms with van der Waals surface area (Å²) in [6.45, 7) is 1.96. The Bertz CT molecular complexity index is 501. The zero-order valence-electron chi connectivity index (χ0n) is 9.15. The Labute approximate surface area is 109 Å². The second kappa shape index (κ2) is 5.38. The van der Waals surface area contributed by atoms with E-state index in [4.69, 9.17) is 27.6 Å². The van der Waals surface area contributed by atoms with Crippen LogP contribution in [0.3, 0.4) is 0 Å². The molecular formula is C11H11Cl2N3O. The number of hydrogen-bond donors (Lipinski definition) is 1. The summed E-state index contributed by atoms with van der Waals surface area (Å²) < 4.78 is 5.26. The predicted octanol–water partition coefficient (Wildman–Crippen LogP) is 3.63. The zero-order valence-corrected chi connectivity index (χ0v) is 10.7. The third kappa shape index (κ3) is 2.90. The number of rotatable bonds is 4. The van der Waals surface area contributed by atoms with Crippen molar-refractivity contribution in [2.24, 2.45) is 0 Å². The van der Waals surface area contributed by atoms with Gasteiger partial charge < -0.3 is 9.73 Å². The van der Waals surface area contributed by atoms with E-state index in [2.05, 4.69) is 15.5 Å². The van der Waals surface area contributed by atoms with Crippen molar-refractivity contribution in [2.75, 3.05) is 5.32 Å². The largest absolute Gasteiger partial charge is 0.407 e. The quantitative estimate of drug-likeness (QED) is 0.863. The molecule has 0 amide bonds. The molecular weight excluding hydrogens is 261 g/mol. The van der Waals surface area contributed by atoms with Crippen molar-refractivity contribution in [3.05, 3.63) is 40.7 Å². The average Bonchev–Trinajstić information content (AvgIpc) is 2.77. The van der Waals surface area contributed by atoms with E-state index in [1.807, 2.05) is 31.2 Å². The van der Waals surface area contributed by atoms with Crippen LogP contribution in [0, 0.1) is 0 Å². The first-order valence-corrected chi connectivity index (χ1v) is 6.01. The highest BCUT2D eigenvalue weighted by Gasteiger charge is 2.12. The highest BCUT2D eigenvalue weighted by molar-refractivity contribution is 6.31. The van der Waals surface area contributed by atoms with E-state index < -0.39 is 0 Å². The first-order chi connectivity index (χ1) is 8.20. The number of aromatic nitrogens is 2. The molecule has 1 N–H and O–H groups in total. The first kappa shape index (κ1) is 12.2. The van der Waals surface area contributed by atoms with E-state index in [1.54, 1.807) is 0 Å². The summed E-state index contributed by atoms with van der Waals surface area (Å²) in [6.07, 6.45) is 0. The van der Waals surface area contributed by atoms with Gasteiger partial charge in [-0.15, -0.1) is 16.7 Å². The van der Waals surface area contributed by atoms with E-state index in [0.29, 0.717) is 16.9 Å². The molecule has 0 radical (unpaired) electrons. The van der Waals surface area contributed by atoms with Crippen LogP contribution >= 0.6 is 23.2 Å². The number of anilines is 1. The van der Waals surface area contributed by atoms with E-state index in [0.717, 1.165) is 5.56 Å². The maximum Gasteiger partial charge on any atom is 0.315 e. The molecule has 0 aliphatic heterocycles. The molecule has 1 aromatic heterocycles. The van der Waals surface area contributed by atoms with Crippen LogP contribution in [-0.4, -0.2) is 10.2 Å². The van der Waals surface area contributed by atoms with Crippen molar-refractivity contribution < 1.29 is 4.42 Å². The summed E-state index contributed by atoms with van der Waals surface area (Å²) in [4.78, 5) is 0. The molecule has 0 saturated carbocycles. The third-order valence-corrected chi connectivity index (χ3v) is 2.87. The molecule has 0 aliphatic rings. The fourth-order valence-corrected chi connectivity index (χ4v) is 1.86. The van der Waals surface area contributed by atoms with Crippen molar-refractivity contribution in [3.8, 4) is 0 Å². The van der Waals surface area contributed by atoms with E-state index in [-0.39, 0.29) is 11.9 Å².